The van der Waals surface area contributed by atoms with Gasteiger partial charge in [0.05, 0.1) is 0 Å². The van der Waals surface area contributed by atoms with Gasteiger partial charge in [-0.3, -0.25) is 0 Å². The Bertz CT molecular complexity index is 56.0. The van der Waals surface area contributed by atoms with Crippen molar-refractivity contribution in [3.8, 4) is 0 Å². The first-order chi connectivity index (χ1) is 3.41. The summed E-state index contributed by atoms with van der Waals surface area (Å²) in [6.45, 7) is 0. The van der Waals surface area contributed by atoms with Crippen molar-refractivity contribution in [1.29, 1.82) is 0 Å². The van der Waals surface area contributed by atoms with E-state index < -0.39 is 0 Å². The molecule has 0 N–H and O–H groups in total. The molecule has 0 aliphatic carbocycles. The molecule has 0 unspecified atom stereocenters. The van der Waals surface area contributed by atoms with Crippen LogP contribution in [-0.2, 0) is 31.8 Å². The fraction of sp³-hybridized carbons (Fsp3) is 1.00. The summed E-state index contributed by atoms with van der Waals surface area (Å²) < 4.78 is 19.2. The normalized spacial score (nSPS) is 8.00. The maximum atomic E-state index is 9.59. The Morgan fingerprint density at radius 1 is 1.14 bits per heavy atom. The predicted molar refractivity (Wildman–Crippen MR) is 33.4 cm³/mol. The van der Waals surface area contributed by atoms with Gasteiger partial charge in [-0.15, -0.1) is 0 Å². The summed E-state index contributed by atoms with van der Waals surface area (Å²) in [6.07, 6.45) is 0. The monoisotopic (exact) mass is 156 g/mol. The summed E-state index contributed by atoms with van der Waals surface area (Å²) in [5.74, 6) is 0. The molecule has 0 aliphatic heterocycles. The van der Waals surface area contributed by atoms with Gasteiger partial charge in [0.15, 0.2) is 0 Å². The van der Waals surface area contributed by atoms with E-state index in [-0.39, 0.29) is 0 Å². The standard InChI is InChI=1S/C2H4O2S3/c3-6-1-5-2-7-4/h1-2H2/q+2. The van der Waals surface area contributed by atoms with Gasteiger partial charge < -0.3 is 0 Å². The van der Waals surface area contributed by atoms with E-state index in [1.165, 1.54) is 11.8 Å². The van der Waals surface area contributed by atoms with Crippen LogP contribution in [0.2, 0.25) is 0 Å². The number of hydrogen-bond donors (Lipinski definition) is 0. The quantitative estimate of drug-likeness (QED) is 0.337. The SMILES string of the molecule is O=[S+]CSC[S+]=O. The molecule has 0 fully saturated rings. The summed E-state index contributed by atoms with van der Waals surface area (Å²) in [7, 11) is 0. The molecule has 0 saturated carbocycles. The van der Waals surface area contributed by atoms with Crippen molar-refractivity contribution >= 4 is 35.1 Å². The van der Waals surface area contributed by atoms with Crippen LogP contribution in [0.25, 0.3) is 0 Å². The predicted octanol–water partition coefficient (Wildman–Crippen LogP) is 0.491. The van der Waals surface area contributed by atoms with Gasteiger partial charge in [0.1, 0.15) is 0 Å². The summed E-state index contributed by atoms with van der Waals surface area (Å²) in [6, 6.07) is 0. The lowest BCUT2D eigenvalue weighted by Gasteiger charge is -1.58. The van der Waals surface area contributed by atoms with Crippen molar-refractivity contribution in [3.05, 3.63) is 0 Å². The fourth-order valence-corrected chi connectivity index (χ4v) is 1.53. The van der Waals surface area contributed by atoms with Gasteiger partial charge in [-0.05, 0) is 11.8 Å². The summed E-state index contributed by atoms with van der Waals surface area (Å²) in [5, 5.41) is 0.963. The molecular weight excluding hydrogens is 152 g/mol. The zero-order valence-electron chi connectivity index (χ0n) is 3.46. The molecule has 0 heterocycles. The molecule has 0 aromatic carbocycles. The highest BCUT2D eigenvalue weighted by Crippen LogP contribution is 1.94. The average molecular weight is 156 g/mol. The third-order valence-corrected chi connectivity index (χ3v) is 2.37. The van der Waals surface area contributed by atoms with Crippen LogP contribution in [0, 0.1) is 0 Å². The van der Waals surface area contributed by atoms with Crippen LogP contribution in [0.3, 0.4) is 0 Å². The van der Waals surface area contributed by atoms with E-state index in [1.54, 1.807) is 0 Å². The van der Waals surface area contributed by atoms with Gasteiger partial charge in [-0.25, -0.2) is 0 Å². The molecule has 0 aliphatic rings. The van der Waals surface area contributed by atoms with Gasteiger partial charge in [0, 0.05) is 8.42 Å². The molecule has 5 heteroatoms. The van der Waals surface area contributed by atoms with Crippen molar-refractivity contribution in [1.82, 2.24) is 0 Å². The highest BCUT2D eigenvalue weighted by molar-refractivity contribution is 8.11. The molecule has 0 aromatic heterocycles. The lowest BCUT2D eigenvalue weighted by atomic mass is 11.9. The van der Waals surface area contributed by atoms with E-state index in [0.717, 1.165) is 0 Å². The molecule has 0 atom stereocenters. The van der Waals surface area contributed by atoms with Gasteiger partial charge >= 0.3 is 23.3 Å². The van der Waals surface area contributed by atoms with E-state index in [9.17, 15) is 8.42 Å². The minimum Gasteiger partial charge on any atom is -0.0253 e. The zero-order valence-corrected chi connectivity index (χ0v) is 5.90. The first-order valence-corrected chi connectivity index (χ1v) is 4.46. The van der Waals surface area contributed by atoms with Gasteiger partial charge in [-0.2, -0.15) is 0 Å². The van der Waals surface area contributed by atoms with Crippen LogP contribution < -0.4 is 0 Å². The van der Waals surface area contributed by atoms with Crippen LogP contribution in [0.5, 0.6) is 0 Å². The zero-order chi connectivity index (χ0) is 5.54. The van der Waals surface area contributed by atoms with Crippen LogP contribution in [0.1, 0.15) is 0 Å². The van der Waals surface area contributed by atoms with Gasteiger partial charge in [0.25, 0.3) is 10.2 Å². The molecule has 2 nitrogen and oxygen atoms in total. The topological polar surface area (TPSA) is 34.1 Å². The maximum absolute atomic E-state index is 9.59. The van der Waals surface area contributed by atoms with E-state index in [2.05, 4.69) is 0 Å². The summed E-state index contributed by atoms with van der Waals surface area (Å²) in [4.78, 5) is 0. The van der Waals surface area contributed by atoms with Crippen LogP contribution in [-0.4, -0.2) is 10.2 Å². The first kappa shape index (κ1) is 7.39. The average Bonchev–Trinajstić information content (AvgIpc) is 1.69. The highest BCUT2D eigenvalue weighted by Gasteiger charge is 2.03. The third-order valence-electron chi connectivity index (χ3n) is 0.263. The third kappa shape index (κ3) is 6.39. The molecule has 0 bridgehead atoms. The molecule has 7 heavy (non-hydrogen) atoms. The minimum atomic E-state index is 0.481. The van der Waals surface area contributed by atoms with Gasteiger partial charge in [0.2, 0.25) is 0 Å². The number of hydrogen-bond acceptors (Lipinski definition) is 3. The van der Waals surface area contributed by atoms with Crippen molar-refractivity contribution in [3.63, 3.8) is 0 Å². The summed E-state index contributed by atoms with van der Waals surface area (Å²) in [5.41, 5.74) is 0. The smallest absolute Gasteiger partial charge is 0.0253 e. The number of rotatable bonds is 4. The highest BCUT2D eigenvalue weighted by atomic mass is 32.2. The molecule has 0 spiro atoms. The summed E-state index contributed by atoms with van der Waals surface area (Å²) >= 11 is 2.36. The minimum absolute atomic E-state index is 0.481. The second-order valence-electron chi connectivity index (χ2n) is 0.676. The molecule has 0 rings (SSSR count). The largest absolute Gasteiger partial charge is 0.470 e. The van der Waals surface area contributed by atoms with Crippen molar-refractivity contribution in [2.24, 2.45) is 0 Å². The Morgan fingerprint density at radius 2 is 1.57 bits per heavy atom. The van der Waals surface area contributed by atoms with Crippen LogP contribution in [0.4, 0.5) is 0 Å². The second-order valence-corrected chi connectivity index (χ2v) is 3.44. The Kier molecular flexibility index (Phi) is 6.75. The molecule has 0 amide bonds. The van der Waals surface area contributed by atoms with E-state index in [1.807, 2.05) is 0 Å². The van der Waals surface area contributed by atoms with E-state index in [0.29, 0.717) is 33.5 Å². The Labute approximate surface area is 54.0 Å². The van der Waals surface area contributed by atoms with Crippen LogP contribution >= 0.6 is 11.8 Å². The van der Waals surface area contributed by atoms with Crippen molar-refractivity contribution < 1.29 is 8.42 Å². The number of thioether (sulfide) groups is 1. The fourth-order valence-electron chi connectivity index (χ4n) is 0.102. The molecule has 0 aromatic rings. The first-order valence-electron chi connectivity index (χ1n) is 1.49. The van der Waals surface area contributed by atoms with Crippen molar-refractivity contribution in [2.75, 3.05) is 10.2 Å². The van der Waals surface area contributed by atoms with Crippen molar-refractivity contribution in [2.45, 2.75) is 0 Å². The lowest BCUT2D eigenvalue weighted by molar-refractivity contribution is 0.606. The second kappa shape index (κ2) is 6.39. The van der Waals surface area contributed by atoms with E-state index >= 15 is 0 Å². The molecule has 0 radical (unpaired) electrons. The van der Waals surface area contributed by atoms with Crippen LogP contribution in [0.15, 0.2) is 0 Å². The molecular formula is C2H4O2S3+2. The Balaban J connectivity index is 2.68. The van der Waals surface area contributed by atoms with E-state index in [4.69, 9.17) is 0 Å². The maximum Gasteiger partial charge on any atom is 0.470 e. The Morgan fingerprint density at radius 3 is 1.86 bits per heavy atom. The Hall–Kier alpha value is 0.390. The lowest BCUT2D eigenvalue weighted by Crippen LogP contribution is -1.74. The molecule has 40 valence electrons. The molecule has 0 saturated heterocycles. The van der Waals surface area contributed by atoms with Gasteiger partial charge in [-0.1, -0.05) is 0 Å².